The first-order valence-corrected chi connectivity index (χ1v) is 7.02. The van der Waals surface area contributed by atoms with Gasteiger partial charge in [-0.15, -0.1) is 0 Å². The standard InChI is InChI=1S/C11H14N4O2S/c1-15-9-7(10(16)14-11(15)17)12-8(13-9)6-4-2-3-5-18-6/h6H,2-5H2,1H3,(H,12,13)(H,14,16,17). The molecule has 1 aliphatic heterocycles. The molecule has 1 atom stereocenters. The van der Waals surface area contributed by atoms with Crippen LogP contribution >= 0.6 is 11.8 Å². The predicted molar refractivity (Wildman–Crippen MR) is 71.0 cm³/mol. The molecule has 3 rings (SSSR count). The Hall–Kier alpha value is -1.50. The van der Waals surface area contributed by atoms with Crippen LogP contribution in [0.4, 0.5) is 0 Å². The Labute approximate surface area is 107 Å². The highest BCUT2D eigenvalue weighted by atomic mass is 32.2. The molecule has 7 heteroatoms. The molecule has 0 radical (unpaired) electrons. The molecular weight excluding hydrogens is 252 g/mol. The van der Waals surface area contributed by atoms with Gasteiger partial charge in [0.05, 0.1) is 5.25 Å². The lowest BCUT2D eigenvalue weighted by Crippen LogP contribution is -2.28. The van der Waals surface area contributed by atoms with Crippen LogP contribution in [0.3, 0.4) is 0 Å². The predicted octanol–water partition coefficient (Wildman–Crippen LogP) is 0.908. The monoisotopic (exact) mass is 266 g/mol. The first-order chi connectivity index (χ1) is 8.66. The van der Waals surface area contributed by atoms with Gasteiger partial charge >= 0.3 is 5.69 Å². The maximum atomic E-state index is 11.7. The van der Waals surface area contributed by atoms with E-state index in [0.717, 1.165) is 18.0 Å². The zero-order valence-corrected chi connectivity index (χ0v) is 10.8. The molecule has 0 saturated carbocycles. The lowest BCUT2D eigenvalue weighted by molar-refractivity contribution is 0.668. The van der Waals surface area contributed by atoms with Crippen molar-refractivity contribution < 1.29 is 0 Å². The number of aromatic nitrogens is 4. The SMILES string of the molecule is Cn1c(=O)[nH]c(=O)c2[nH]c(C3CCCCS3)nc21. The molecule has 3 heterocycles. The summed E-state index contributed by atoms with van der Waals surface area (Å²) in [6, 6.07) is 0. The Morgan fingerprint density at radius 2 is 2.17 bits per heavy atom. The Morgan fingerprint density at radius 1 is 1.33 bits per heavy atom. The van der Waals surface area contributed by atoms with Crippen molar-refractivity contribution in [3.8, 4) is 0 Å². The zero-order chi connectivity index (χ0) is 12.7. The number of imidazole rings is 1. The number of aromatic amines is 2. The van der Waals surface area contributed by atoms with E-state index >= 15 is 0 Å². The van der Waals surface area contributed by atoms with Gasteiger partial charge in [-0.2, -0.15) is 11.8 Å². The molecule has 0 amide bonds. The molecule has 6 nitrogen and oxygen atoms in total. The van der Waals surface area contributed by atoms with E-state index in [1.165, 1.54) is 17.4 Å². The second-order valence-corrected chi connectivity index (χ2v) is 5.80. The summed E-state index contributed by atoms with van der Waals surface area (Å²) < 4.78 is 1.37. The van der Waals surface area contributed by atoms with Gasteiger partial charge in [-0.3, -0.25) is 14.3 Å². The smallest absolute Gasteiger partial charge is 0.329 e. The minimum atomic E-state index is -0.429. The number of hydrogen-bond acceptors (Lipinski definition) is 4. The van der Waals surface area contributed by atoms with Crippen LogP contribution in [0.5, 0.6) is 0 Å². The Bertz CT molecular complexity index is 693. The Balaban J connectivity index is 2.16. The summed E-state index contributed by atoms with van der Waals surface area (Å²) >= 11 is 1.85. The molecule has 1 fully saturated rings. The maximum Gasteiger partial charge on any atom is 0.329 e. The average molecular weight is 266 g/mol. The second kappa shape index (κ2) is 4.31. The van der Waals surface area contributed by atoms with Gasteiger partial charge < -0.3 is 4.98 Å². The third-order valence-corrected chi connectivity index (χ3v) is 4.64. The van der Waals surface area contributed by atoms with Crippen molar-refractivity contribution >= 4 is 22.9 Å². The maximum absolute atomic E-state index is 11.7. The van der Waals surface area contributed by atoms with Crippen LogP contribution in [0.1, 0.15) is 30.3 Å². The van der Waals surface area contributed by atoms with Gasteiger partial charge in [0.25, 0.3) is 5.56 Å². The number of thioether (sulfide) groups is 1. The van der Waals surface area contributed by atoms with Crippen molar-refractivity contribution in [3.63, 3.8) is 0 Å². The summed E-state index contributed by atoms with van der Waals surface area (Å²) in [6.45, 7) is 0. The molecule has 0 bridgehead atoms. The van der Waals surface area contributed by atoms with Gasteiger partial charge in [-0.05, 0) is 18.6 Å². The third kappa shape index (κ3) is 1.78. The fraction of sp³-hybridized carbons (Fsp3) is 0.545. The van der Waals surface area contributed by atoms with Crippen LogP contribution in [-0.2, 0) is 7.05 Å². The summed E-state index contributed by atoms with van der Waals surface area (Å²) in [5, 5.41) is 0.306. The topological polar surface area (TPSA) is 83.5 Å². The Kier molecular flexibility index (Phi) is 2.77. The molecular formula is C11H14N4O2S. The summed E-state index contributed by atoms with van der Waals surface area (Å²) in [5.41, 5.74) is -0.00213. The van der Waals surface area contributed by atoms with Crippen molar-refractivity contribution in [2.75, 3.05) is 5.75 Å². The number of rotatable bonds is 1. The van der Waals surface area contributed by atoms with Gasteiger partial charge in [-0.25, -0.2) is 9.78 Å². The number of nitrogens with one attached hydrogen (secondary N) is 2. The largest absolute Gasteiger partial charge is 0.335 e. The van der Waals surface area contributed by atoms with Gasteiger partial charge in [-0.1, -0.05) is 6.42 Å². The summed E-state index contributed by atoms with van der Waals surface area (Å²) in [4.78, 5) is 33.0. The summed E-state index contributed by atoms with van der Waals surface area (Å²) in [5.74, 6) is 1.93. The lowest BCUT2D eigenvalue weighted by atomic mass is 10.2. The van der Waals surface area contributed by atoms with Crippen LogP contribution in [0.25, 0.3) is 11.2 Å². The molecule has 1 aliphatic rings. The highest BCUT2D eigenvalue weighted by molar-refractivity contribution is 7.99. The van der Waals surface area contributed by atoms with Gasteiger partial charge in [0, 0.05) is 7.05 Å². The van der Waals surface area contributed by atoms with Crippen LogP contribution in [0, 0.1) is 0 Å². The molecule has 2 aromatic heterocycles. The van der Waals surface area contributed by atoms with Crippen molar-refractivity contribution in [2.45, 2.75) is 24.5 Å². The van der Waals surface area contributed by atoms with Crippen molar-refractivity contribution in [1.82, 2.24) is 19.5 Å². The van der Waals surface area contributed by atoms with Gasteiger partial charge in [0.15, 0.2) is 5.65 Å². The molecule has 0 spiro atoms. The van der Waals surface area contributed by atoms with Crippen LogP contribution in [0.15, 0.2) is 9.59 Å². The van der Waals surface area contributed by atoms with Crippen LogP contribution in [0.2, 0.25) is 0 Å². The van der Waals surface area contributed by atoms with E-state index in [1.54, 1.807) is 7.05 Å². The molecule has 96 valence electrons. The van der Waals surface area contributed by atoms with Crippen LogP contribution in [-0.4, -0.2) is 25.3 Å². The number of H-pyrrole nitrogens is 2. The minimum absolute atomic E-state index is 0.306. The molecule has 0 aliphatic carbocycles. The first kappa shape index (κ1) is 11.6. The first-order valence-electron chi connectivity index (χ1n) is 5.97. The van der Waals surface area contributed by atoms with Gasteiger partial charge in [0.2, 0.25) is 0 Å². The van der Waals surface area contributed by atoms with E-state index in [0.29, 0.717) is 16.4 Å². The number of fused-ring (bicyclic) bond motifs is 1. The lowest BCUT2D eigenvalue weighted by Gasteiger charge is -2.18. The molecule has 18 heavy (non-hydrogen) atoms. The van der Waals surface area contributed by atoms with Crippen molar-refractivity contribution in [3.05, 3.63) is 26.7 Å². The fourth-order valence-corrected chi connectivity index (χ4v) is 3.49. The molecule has 0 aromatic carbocycles. The number of hydrogen-bond donors (Lipinski definition) is 2. The average Bonchev–Trinajstić information content (AvgIpc) is 2.83. The van der Waals surface area contributed by atoms with E-state index in [2.05, 4.69) is 15.0 Å². The quantitative estimate of drug-likeness (QED) is 0.803. The minimum Gasteiger partial charge on any atom is -0.335 e. The van der Waals surface area contributed by atoms with Crippen molar-refractivity contribution in [1.29, 1.82) is 0 Å². The van der Waals surface area contributed by atoms with E-state index in [9.17, 15) is 9.59 Å². The second-order valence-electron chi connectivity index (χ2n) is 4.49. The number of nitrogens with zero attached hydrogens (tertiary/aromatic N) is 2. The molecule has 2 N–H and O–H groups in total. The summed E-state index contributed by atoms with van der Waals surface area (Å²) in [7, 11) is 1.61. The normalized spacial score (nSPS) is 20.4. The summed E-state index contributed by atoms with van der Waals surface area (Å²) in [6.07, 6.45) is 3.49. The zero-order valence-electron chi connectivity index (χ0n) is 10.0. The third-order valence-electron chi connectivity index (χ3n) is 3.26. The van der Waals surface area contributed by atoms with E-state index in [-0.39, 0.29) is 0 Å². The van der Waals surface area contributed by atoms with Crippen LogP contribution < -0.4 is 11.2 Å². The van der Waals surface area contributed by atoms with Crippen molar-refractivity contribution in [2.24, 2.45) is 7.05 Å². The fourth-order valence-electron chi connectivity index (χ4n) is 2.23. The van der Waals surface area contributed by atoms with E-state index in [4.69, 9.17) is 0 Å². The Morgan fingerprint density at radius 3 is 2.89 bits per heavy atom. The van der Waals surface area contributed by atoms with Gasteiger partial charge in [0.1, 0.15) is 11.3 Å². The number of aryl methyl sites for hydroxylation is 1. The highest BCUT2D eigenvalue weighted by Crippen LogP contribution is 2.36. The molecule has 1 unspecified atom stereocenters. The highest BCUT2D eigenvalue weighted by Gasteiger charge is 2.21. The molecule has 1 saturated heterocycles. The van der Waals surface area contributed by atoms with E-state index < -0.39 is 11.2 Å². The molecule has 2 aromatic rings. The van der Waals surface area contributed by atoms with E-state index in [1.807, 2.05) is 11.8 Å².